The van der Waals surface area contributed by atoms with Crippen molar-refractivity contribution in [3.05, 3.63) is 34.3 Å². The molecular weight excluding hydrogens is 244 g/mol. The second kappa shape index (κ2) is 4.66. The molecule has 1 aromatic heterocycles. The van der Waals surface area contributed by atoms with Crippen LogP contribution in [0.15, 0.2) is 27.4 Å². The first-order valence-electron chi connectivity index (χ1n) is 6.56. The van der Waals surface area contributed by atoms with Crippen LogP contribution >= 0.6 is 0 Å². The van der Waals surface area contributed by atoms with E-state index in [4.69, 9.17) is 10.2 Å². The van der Waals surface area contributed by atoms with Gasteiger partial charge in [-0.15, -0.1) is 0 Å². The molecule has 3 N–H and O–H groups in total. The summed E-state index contributed by atoms with van der Waals surface area (Å²) < 4.78 is 4.92. The molecule has 0 spiro atoms. The second-order valence-electron chi connectivity index (χ2n) is 5.20. The minimum atomic E-state index is -0.497. The van der Waals surface area contributed by atoms with Gasteiger partial charge in [-0.05, 0) is 43.9 Å². The van der Waals surface area contributed by atoms with Crippen LogP contribution in [0.4, 0.5) is 0 Å². The Morgan fingerprint density at radius 1 is 1.26 bits per heavy atom. The highest BCUT2D eigenvalue weighted by atomic mass is 16.4. The summed E-state index contributed by atoms with van der Waals surface area (Å²) in [6.07, 6.45) is 3.50. The molecule has 0 bridgehead atoms. The number of ketones is 1. The maximum atomic E-state index is 12.4. The first kappa shape index (κ1) is 12.2. The Hall–Kier alpha value is -1.88. The van der Waals surface area contributed by atoms with Gasteiger partial charge in [-0.25, -0.2) is 4.79 Å². The average molecular weight is 260 g/mol. The summed E-state index contributed by atoms with van der Waals surface area (Å²) in [7, 11) is 0. The van der Waals surface area contributed by atoms with Gasteiger partial charge in [-0.3, -0.25) is 9.78 Å². The van der Waals surface area contributed by atoms with E-state index in [0.717, 1.165) is 25.7 Å². The van der Waals surface area contributed by atoms with Crippen molar-refractivity contribution in [1.29, 1.82) is 0 Å². The number of nitrogens with one attached hydrogen (secondary N) is 1. The van der Waals surface area contributed by atoms with Crippen LogP contribution in [-0.2, 0) is 0 Å². The molecule has 1 fully saturated rings. The lowest BCUT2D eigenvalue weighted by molar-refractivity contribution is 0.0885. The van der Waals surface area contributed by atoms with Gasteiger partial charge in [-0.2, -0.15) is 0 Å². The molecule has 0 atom stereocenters. The molecule has 100 valence electrons. The Morgan fingerprint density at radius 2 is 2.00 bits per heavy atom. The molecule has 1 aliphatic rings. The molecule has 5 nitrogen and oxygen atoms in total. The van der Waals surface area contributed by atoms with Crippen LogP contribution in [0.1, 0.15) is 36.0 Å². The van der Waals surface area contributed by atoms with Gasteiger partial charge in [-0.1, -0.05) is 0 Å². The molecule has 1 saturated carbocycles. The normalized spacial score (nSPS) is 23.6. The van der Waals surface area contributed by atoms with E-state index in [0.29, 0.717) is 16.7 Å². The Morgan fingerprint density at radius 3 is 2.74 bits per heavy atom. The number of benzene rings is 1. The zero-order valence-electron chi connectivity index (χ0n) is 10.5. The fourth-order valence-electron chi connectivity index (χ4n) is 2.72. The summed E-state index contributed by atoms with van der Waals surface area (Å²) in [6, 6.07) is 5.30. The smallest absolute Gasteiger partial charge is 0.408 e. The van der Waals surface area contributed by atoms with Gasteiger partial charge in [0.05, 0.1) is 5.52 Å². The van der Waals surface area contributed by atoms with E-state index in [2.05, 4.69) is 4.98 Å². The summed E-state index contributed by atoms with van der Waals surface area (Å²) >= 11 is 0. The second-order valence-corrected chi connectivity index (χ2v) is 5.20. The number of nitrogens with two attached hydrogens (primary N) is 1. The Bertz CT molecular complexity index is 663. The fraction of sp³-hybridized carbons (Fsp3) is 0.429. The van der Waals surface area contributed by atoms with Crippen LogP contribution in [0, 0.1) is 5.92 Å². The first-order valence-corrected chi connectivity index (χ1v) is 6.56. The number of aromatic amines is 1. The average Bonchev–Trinajstić information content (AvgIpc) is 2.77. The number of rotatable bonds is 2. The molecule has 2 aromatic rings. The number of carbonyl (C=O) groups excluding carboxylic acids is 1. The third kappa shape index (κ3) is 2.33. The molecule has 0 radical (unpaired) electrons. The standard InChI is InChI=1S/C14H16N2O3/c15-10-4-1-8(2-5-10)13(17)9-3-6-12-11(7-9)16-14(18)19-12/h3,6-8,10H,1-2,4-5,15H2,(H,16,18). The summed E-state index contributed by atoms with van der Waals surface area (Å²) in [5.41, 5.74) is 7.53. The van der Waals surface area contributed by atoms with Crippen LogP contribution in [-0.4, -0.2) is 16.8 Å². The van der Waals surface area contributed by atoms with E-state index in [1.807, 2.05) is 0 Å². The maximum absolute atomic E-state index is 12.4. The molecule has 0 saturated heterocycles. The van der Waals surface area contributed by atoms with E-state index < -0.39 is 5.76 Å². The summed E-state index contributed by atoms with van der Waals surface area (Å²) in [6.45, 7) is 0. The van der Waals surface area contributed by atoms with Crippen molar-refractivity contribution in [2.75, 3.05) is 0 Å². The summed E-state index contributed by atoms with van der Waals surface area (Å²) in [5, 5.41) is 0. The molecule has 5 heteroatoms. The molecule has 0 aliphatic heterocycles. The van der Waals surface area contributed by atoms with Gasteiger partial charge in [0.15, 0.2) is 11.4 Å². The highest BCUT2D eigenvalue weighted by Crippen LogP contribution is 2.27. The molecule has 1 aromatic carbocycles. The number of carbonyl (C=O) groups is 1. The largest absolute Gasteiger partial charge is 0.417 e. The molecule has 0 amide bonds. The molecule has 3 rings (SSSR count). The first-order chi connectivity index (χ1) is 9.13. The summed E-state index contributed by atoms with van der Waals surface area (Å²) in [4.78, 5) is 26.0. The van der Waals surface area contributed by atoms with Crippen molar-refractivity contribution >= 4 is 16.9 Å². The highest BCUT2D eigenvalue weighted by molar-refractivity contribution is 6.00. The van der Waals surface area contributed by atoms with E-state index in [9.17, 15) is 9.59 Å². The lowest BCUT2D eigenvalue weighted by Gasteiger charge is -2.24. The predicted molar refractivity (Wildman–Crippen MR) is 71.1 cm³/mol. The Kier molecular flexibility index (Phi) is 2.98. The van der Waals surface area contributed by atoms with Crippen molar-refractivity contribution < 1.29 is 9.21 Å². The van der Waals surface area contributed by atoms with Gasteiger partial charge >= 0.3 is 5.76 Å². The molecular formula is C14H16N2O3. The zero-order valence-corrected chi connectivity index (χ0v) is 10.5. The van der Waals surface area contributed by atoms with E-state index in [1.165, 1.54) is 0 Å². The minimum absolute atomic E-state index is 0.0517. The molecule has 19 heavy (non-hydrogen) atoms. The fourth-order valence-corrected chi connectivity index (χ4v) is 2.72. The van der Waals surface area contributed by atoms with Crippen LogP contribution in [0.2, 0.25) is 0 Å². The number of fused-ring (bicyclic) bond motifs is 1. The van der Waals surface area contributed by atoms with E-state index >= 15 is 0 Å². The lowest BCUT2D eigenvalue weighted by Crippen LogP contribution is -2.29. The topological polar surface area (TPSA) is 89.1 Å². The number of hydrogen-bond donors (Lipinski definition) is 2. The van der Waals surface area contributed by atoms with Crippen molar-refractivity contribution in [1.82, 2.24) is 4.98 Å². The number of hydrogen-bond acceptors (Lipinski definition) is 4. The minimum Gasteiger partial charge on any atom is -0.408 e. The van der Waals surface area contributed by atoms with Crippen molar-refractivity contribution in [2.24, 2.45) is 11.7 Å². The maximum Gasteiger partial charge on any atom is 0.417 e. The van der Waals surface area contributed by atoms with Crippen molar-refractivity contribution in [3.63, 3.8) is 0 Å². The van der Waals surface area contributed by atoms with Crippen LogP contribution in [0.5, 0.6) is 0 Å². The SMILES string of the molecule is NC1CCC(C(=O)c2ccc3oc(=O)[nH]c3c2)CC1. The van der Waals surface area contributed by atoms with Crippen molar-refractivity contribution in [2.45, 2.75) is 31.7 Å². The molecule has 0 unspecified atom stereocenters. The van der Waals surface area contributed by atoms with Crippen molar-refractivity contribution in [3.8, 4) is 0 Å². The predicted octanol–water partition coefficient (Wildman–Crippen LogP) is 1.82. The third-order valence-corrected chi connectivity index (χ3v) is 3.85. The quantitative estimate of drug-likeness (QED) is 0.806. The van der Waals surface area contributed by atoms with Gasteiger partial charge in [0, 0.05) is 17.5 Å². The lowest BCUT2D eigenvalue weighted by atomic mass is 9.82. The molecule has 1 aliphatic carbocycles. The third-order valence-electron chi connectivity index (χ3n) is 3.85. The number of aromatic nitrogens is 1. The monoisotopic (exact) mass is 260 g/mol. The number of oxazole rings is 1. The van der Waals surface area contributed by atoms with Gasteiger partial charge in [0.1, 0.15) is 0 Å². The van der Waals surface area contributed by atoms with E-state index in [1.54, 1.807) is 18.2 Å². The van der Waals surface area contributed by atoms with Crippen LogP contribution < -0.4 is 11.5 Å². The Balaban J connectivity index is 1.86. The zero-order chi connectivity index (χ0) is 13.4. The number of Topliss-reactive ketones (excluding diaryl/α,β-unsaturated/α-hetero) is 1. The number of H-pyrrole nitrogens is 1. The van der Waals surface area contributed by atoms with Gasteiger partial charge in [0.2, 0.25) is 0 Å². The molecule has 1 heterocycles. The van der Waals surface area contributed by atoms with Crippen LogP contribution in [0.3, 0.4) is 0 Å². The van der Waals surface area contributed by atoms with Gasteiger partial charge < -0.3 is 10.2 Å². The highest BCUT2D eigenvalue weighted by Gasteiger charge is 2.25. The Labute approximate surface area is 109 Å². The van der Waals surface area contributed by atoms with Gasteiger partial charge in [0.25, 0.3) is 0 Å². The summed E-state index contributed by atoms with van der Waals surface area (Å²) in [5.74, 6) is -0.310. The van der Waals surface area contributed by atoms with E-state index in [-0.39, 0.29) is 17.7 Å². The van der Waals surface area contributed by atoms with Crippen LogP contribution in [0.25, 0.3) is 11.1 Å².